The van der Waals surface area contributed by atoms with E-state index in [2.05, 4.69) is 25.8 Å². The Morgan fingerprint density at radius 3 is 2.69 bits per heavy atom. The highest BCUT2D eigenvalue weighted by atomic mass is 79.9. The Morgan fingerprint density at radius 2 is 2.06 bits per heavy atom. The molecule has 3 nitrogen and oxygen atoms in total. The Hall–Kier alpha value is -1.24. The second-order valence-corrected chi connectivity index (χ2v) is 3.87. The van der Waals surface area contributed by atoms with Crippen LogP contribution in [0, 0.1) is 0 Å². The molecule has 0 saturated carbocycles. The van der Waals surface area contributed by atoms with Crippen molar-refractivity contribution in [3.63, 3.8) is 0 Å². The smallest absolute Gasteiger partial charge is 0.403 e. The Bertz CT molecular complexity index is 535. The Labute approximate surface area is 96.9 Å². The van der Waals surface area contributed by atoms with Crippen LogP contribution in [-0.4, -0.2) is 16.1 Å². The summed E-state index contributed by atoms with van der Waals surface area (Å²) in [6.45, 7) is 0. The summed E-state index contributed by atoms with van der Waals surface area (Å²) in [6.07, 6.45) is -4.70. The number of ether oxygens (including phenoxy) is 1. The van der Waals surface area contributed by atoms with Gasteiger partial charge in [-0.3, -0.25) is 4.68 Å². The number of fused-ring (bicyclic) bond motifs is 1. The van der Waals surface area contributed by atoms with Crippen molar-refractivity contribution >= 4 is 26.8 Å². The molecule has 0 atom stereocenters. The van der Waals surface area contributed by atoms with E-state index in [0.717, 1.165) is 0 Å². The molecule has 1 heterocycles. The van der Waals surface area contributed by atoms with Crippen LogP contribution in [0.15, 0.2) is 22.8 Å². The molecule has 2 rings (SSSR count). The van der Waals surface area contributed by atoms with Crippen molar-refractivity contribution in [1.82, 2.24) is 9.78 Å². The van der Waals surface area contributed by atoms with E-state index >= 15 is 0 Å². The minimum absolute atomic E-state index is 0.259. The summed E-state index contributed by atoms with van der Waals surface area (Å²) >= 11 is 3.16. The van der Waals surface area contributed by atoms with Gasteiger partial charge in [0.15, 0.2) is 5.75 Å². The van der Waals surface area contributed by atoms with Gasteiger partial charge in [-0.05, 0) is 28.1 Å². The van der Waals surface area contributed by atoms with Gasteiger partial charge in [-0.2, -0.15) is 5.10 Å². The standard InChI is InChI=1S/C9H6BrF3N2O/c1-15-7-5(8(10)14-15)3-2-4-6(7)16-9(11,12)13/h2-4H,1H3. The highest BCUT2D eigenvalue weighted by Gasteiger charge is 2.32. The number of benzene rings is 1. The number of hydrogen-bond acceptors (Lipinski definition) is 2. The monoisotopic (exact) mass is 294 g/mol. The molecule has 0 unspecified atom stereocenters. The van der Waals surface area contributed by atoms with Gasteiger partial charge in [0.05, 0.1) is 0 Å². The van der Waals surface area contributed by atoms with Gasteiger partial charge in [0.1, 0.15) is 10.1 Å². The van der Waals surface area contributed by atoms with E-state index in [1.54, 1.807) is 13.1 Å². The lowest BCUT2D eigenvalue weighted by Gasteiger charge is -2.10. The Kier molecular flexibility index (Phi) is 2.57. The lowest BCUT2D eigenvalue weighted by Crippen LogP contribution is -2.17. The van der Waals surface area contributed by atoms with Crippen molar-refractivity contribution in [3.8, 4) is 5.75 Å². The first-order valence-corrected chi connectivity index (χ1v) is 5.05. The molecule has 0 aliphatic rings. The predicted molar refractivity (Wildman–Crippen MR) is 55.1 cm³/mol. The van der Waals surface area contributed by atoms with E-state index in [1.807, 2.05) is 0 Å². The SMILES string of the molecule is Cn1nc(Br)c2cccc(OC(F)(F)F)c21. The molecule has 7 heteroatoms. The fraction of sp³-hybridized carbons (Fsp3) is 0.222. The fourth-order valence-corrected chi connectivity index (χ4v) is 2.02. The van der Waals surface area contributed by atoms with Gasteiger partial charge in [0.2, 0.25) is 0 Å². The van der Waals surface area contributed by atoms with Crippen LogP contribution in [0.5, 0.6) is 5.75 Å². The van der Waals surface area contributed by atoms with Crippen molar-refractivity contribution in [2.75, 3.05) is 0 Å². The van der Waals surface area contributed by atoms with Gasteiger partial charge in [-0.15, -0.1) is 13.2 Å². The summed E-state index contributed by atoms with van der Waals surface area (Å²) in [5.41, 5.74) is 0.298. The summed E-state index contributed by atoms with van der Waals surface area (Å²) in [6, 6.07) is 4.40. The number of hydrogen-bond donors (Lipinski definition) is 0. The van der Waals surface area contributed by atoms with Crippen LogP contribution in [0.2, 0.25) is 0 Å². The molecule has 0 spiro atoms. The maximum absolute atomic E-state index is 12.1. The van der Waals surface area contributed by atoms with E-state index in [9.17, 15) is 13.2 Å². The lowest BCUT2D eigenvalue weighted by molar-refractivity contribution is -0.274. The zero-order valence-corrected chi connectivity index (χ0v) is 9.63. The number of aryl methyl sites for hydroxylation is 1. The van der Waals surface area contributed by atoms with Crippen molar-refractivity contribution < 1.29 is 17.9 Å². The first kappa shape index (κ1) is 11.3. The van der Waals surface area contributed by atoms with Gasteiger partial charge in [-0.25, -0.2) is 0 Å². The fourth-order valence-electron chi connectivity index (χ4n) is 1.47. The molecular formula is C9H6BrF3N2O. The Morgan fingerprint density at radius 1 is 1.38 bits per heavy atom. The number of halogens is 4. The number of alkyl halides is 3. The van der Waals surface area contributed by atoms with Crippen LogP contribution in [-0.2, 0) is 7.05 Å². The number of nitrogens with zero attached hydrogens (tertiary/aromatic N) is 2. The molecule has 0 aliphatic carbocycles. The Balaban J connectivity index is 2.62. The zero-order valence-electron chi connectivity index (χ0n) is 8.05. The molecule has 2 aromatic rings. The summed E-state index contributed by atoms with van der Waals surface area (Å²) in [7, 11) is 1.55. The molecule has 0 bridgehead atoms. The molecule has 0 fully saturated rings. The number of aromatic nitrogens is 2. The maximum Gasteiger partial charge on any atom is 0.573 e. The van der Waals surface area contributed by atoms with Crippen molar-refractivity contribution in [2.45, 2.75) is 6.36 Å². The van der Waals surface area contributed by atoms with Gasteiger partial charge >= 0.3 is 6.36 Å². The summed E-state index contributed by atoms with van der Waals surface area (Å²) in [5, 5.41) is 4.54. The average molecular weight is 295 g/mol. The normalized spacial score (nSPS) is 12.1. The minimum Gasteiger partial charge on any atom is -0.403 e. The second-order valence-electron chi connectivity index (χ2n) is 3.11. The van der Waals surface area contributed by atoms with E-state index < -0.39 is 6.36 Å². The summed E-state index contributed by atoms with van der Waals surface area (Å²) < 4.78 is 42.2. The van der Waals surface area contributed by atoms with Gasteiger partial charge < -0.3 is 4.74 Å². The van der Waals surface area contributed by atoms with Crippen molar-refractivity contribution in [1.29, 1.82) is 0 Å². The molecule has 0 N–H and O–H groups in total. The second kappa shape index (κ2) is 3.65. The molecule has 86 valence electrons. The average Bonchev–Trinajstić information content (AvgIpc) is 2.41. The van der Waals surface area contributed by atoms with Crippen molar-refractivity contribution in [2.24, 2.45) is 7.05 Å². The number of rotatable bonds is 1. The maximum atomic E-state index is 12.1. The third-order valence-corrected chi connectivity index (χ3v) is 2.59. The summed E-state index contributed by atoms with van der Waals surface area (Å²) in [4.78, 5) is 0. The third kappa shape index (κ3) is 1.99. The van der Waals surface area contributed by atoms with Crippen LogP contribution in [0.3, 0.4) is 0 Å². The molecule has 0 radical (unpaired) electrons. The first-order valence-electron chi connectivity index (χ1n) is 4.25. The molecule has 0 aliphatic heterocycles. The van der Waals surface area contributed by atoms with E-state index in [1.165, 1.54) is 16.8 Å². The van der Waals surface area contributed by atoms with Crippen LogP contribution in [0.1, 0.15) is 0 Å². The van der Waals surface area contributed by atoms with Crippen LogP contribution >= 0.6 is 15.9 Å². The van der Waals surface area contributed by atoms with E-state index in [4.69, 9.17) is 0 Å². The molecule has 1 aromatic heterocycles. The van der Waals surface area contributed by atoms with E-state index in [-0.39, 0.29) is 5.75 Å². The van der Waals surface area contributed by atoms with Gasteiger partial charge in [-0.1, -0.05) is 6.07 Å². The highest BCUT2D eigenvalue weighted by molar-refractivity contribution is 9.10. The topological polar surface area (TPSA) is 27.1 Å². The van der Waals surface area contributed by atoms with Gasteiger partial charge in [0.25, 0.3) is 0 Å². The molecule has 16 heavy (non-hydrogen) atoms. The lowest BCUT2D eigenvalue weighted by atomic mass is 10.2. The highest BCUT2D eigenvalue weighted by Crippen LogP contribution is 2.33. The quantitative estimate of drug-likeness (QED) is 0.807. The first-order chi connectivity index (χ1) is 7.38. The number of para-hydroxylation sites is 1. The van der Waals surface area contributed by atoms with Crippen LogP contribution < -0.4 is 4.74 Å². The minimum atomic E-state index is -4.70. The van der Waals surface area contributed by atoms with Crippen LogP contribution in [0.4, 0.5) is 13.2 Å². The summed E-state index contributed by atoms with van der Waals surface area (Å²) in [5.74, 6) is -0.259. The van der Waals surface area contributed by atoms with Crippen LogP contribution in [0.25, 0.3) is 10.9 Å². The third-order valence-electron chi connectivity index (χ3n) is 2.01. The van der Waals surface area contributed by atoms with Crippen molar-refractivity contribution in [3.05, 3.63) is 22.8 Å². The predicted octanol–water partition coefficient (Wildman–Crippen LogP) is 3.23. The largest absolute Gasteiger partial charge is 0.573 e. The molecule has 1 aromatic carbocycles. The zero-order chi connectivity index (χ0) is 11.9. The molecule has 0 saturated heterocycles. The molecular weight excluding hydrogens is 289 g/mol. The molecule has 0 amide bonds. The van der Waals surface area contributed by atoms with Gasteiger partial charge in [0, 0.05) is 12.4 Å². The van der Waals surface area contributed by atoms with E-state index in [0.29, 0.717) is 15.5 Å².